The second-order valence-electron chi connectivity index (χ2n) is 5.43. The number of hydrogen-bond donors (Lipinski definition) is 1. The van der Waals surface area contributed by atoms with E-state index in [9.17, 15) is 0 Å². The van der Waals surface area contributed by atoms with Crippen LogP contribution in [0, 0.1) is 20.8 Å². The molecule has 1 unspecified atom stereocenters. The fourth-order valence-electron chi connectivity index (χ4n) is 2.36. The van der Waals surface area contributed by atoms with Gasteiger partial charge in [0.15, 0.2) is 6.61 Å². The van der Waals surface area contributed by atoms with E-state index in [1.807, 2.05) is 13.8 Å². The van der Waals surface area contributed by atoms with Crippen LogP contribution >= 0.6 is 0 Å². The normalized spacial score (nSPS) is 12.4. The maximum atomic E-state index is 6.02. The molecule has 0 aliphatic heterocycles. The average Bonchev–Trinajstić information content (AvgIpc) is 2.83. The Morgan fingerprint density at radius 2 is 1.86 bits per heavy atom. The summed E-state index contributed by atoms with van der Waals surface area (Å²) in [7, 11) is 0. The fourth-order valence-corrected chi connectivity index (χ4v) is 2.36. The maximum absolute atomic E-state index is 6.02. The molecular weight excluding hydrogens is 266 g/mol. The second-order valence-corrected chi connectivity index (χ2v) is 5.43. The Morgan fingerprint density at radius 3 is 2.38 bits per heavy atom. The van der Waals surface area contributed by atoms with Gasteiger partial charge in [0.05, 0.1) is 0 Å². The Hall–Kier alpha value is -1.88. The first kappa shape index (κ1) is 15.5. The second kappa shape index (κ2) is 6.72. The van der Waals surface area contributed by atoms with Gasteiger partial charge < -0.3 is 14.9 Å². The van der Waals surface area contributed by atoms with Crippen molar-refractivity contribution in [2.24, 2.45) is 5.73 Å². The van der Waals surface area contributed by atoms with Crippen LogP contribution in [-0.2, 0) is 13.0 Å². The van der Waals surface area contributed by atoms with Gasteiger partial charge in [0.25, 0.3) is 5.89 Å². The van der Waals surface area contributed by atoms with Gasteiger partial charge in [0.2, 0.25) is 5.89 Å². The molecule has 0 saturated carbocycles. The van der Waals surface area contributed by atoms with E-state index in [1.165, 1.54) is 5.56 Å². The van der Waals surface area contributed by atoms with Crippen molar-refractivity contribution < 1.29 is 9.15 Å². The standard InChI is InChI=1S/C16H23N3O2/c1-5-14(17)8-13-6-10(2)16(11(3)7-13)20-9-15-19-18-12(4)21-15/h6-7,14H,5,8-9,17H2,1-4H3. The number of ether oxygens (including phenoxy) is 1. The number of nitrogens with two attached hydrogens (primary N) is 1. The number of benzene rings is 1. The number of nitrogens with zero attached hydrogens (tertiary/aromatic N) is 2. The molecule has 2 aromatic rings. The number of rotatable bonds is 6. The molecule has 0 fully saturated rings. The zero-order chi connectivity index (χ0) is 15.4. The van der Waals surface area contributed by atoms with Gasteiger partial charge in [-0.3, -0.25) is 0 Å². The highest BCUT2D eigenvalue weighted by molar-refractivity contribution is 5.43. The minimum Gasteiger partial charge on any atom is -0.483 e. The van der Waals surface area contributed by atoms with Gasteiger partial charge in [-0.05, 0) is 43.4 Å². The summed E-state index contributed by atoms with van der Waals surface area (Å²) in [5.74, 6) is 1.91. The van der Waals surface area contributed by atoms with E-state index in [0.29, 0.717) is 11.8 Å². The van der Waals surface area contributed by atoms with Crippen molar-refractivity contribution in [3.8, 4) is 5.75 Å². The largest absolute Gasteiger partial charge is 0.483 e. The van der Waals surface area contributed by atoms with Gasteiger partial charge in [-0.1, -0.05) is 19.1 Å². The lowest BCUT2D eigenvalue weighted by molar-refractivity contribution is 0.257. The van der Waals surface area contributed by atoms with E-state index < -0.39 is 0 Å². The monoisotopic (exact) mass is 289 g/mol. The SMILES string of the molecule is CCC(N)Cc1cc(C)c(OCc2nnc(C)o2)c(C)c1. The van der Waals surface area contributed by atoms with Gasteiger partial charge in [-0.15, -0.1) is 10.2 Å². The van der Waals surface area contributed by atoms with E-state index in [0.717, 1.165) is 29.7 Å². The van der Waals surface area contributed by atoms with Crippen LogP contribution in [0.5, 0.6) is 5.75 Å². The van der Waals surface area contributed by atoms with E-state index in [4.69, 9.17) is 14.9 Å². The summed E-state index contributed by atoms with van der Waals surface area (Å²) >= 11 is 0. The first-order valence-corrected chi connectivity index (χ1v) is 7.27. The molecule has 0 bridgehead atoms. The van der Waals surface area contributed by atoms with Crippen LogP contribution in [0.4, 0.5) is 0 Å². The molecule has 5 heteroatoms. The zero-order valence-electron chi connectivity index (χ0n) is 13.1. The first-order chi connectivity index (χ1) is 9.99. The van der Waals surface area contributed by atoms with Crippen molar-refractivity contribution in [2.75, 3.05) is 0 Å². The molecule has 0 spiro atoms. The lowest BCUT2D eigenvalue weighted by Crippen LogP contribution is -2.21. The van der Waals surface area contributed by atoms with Crippen LogP contribution < -0.4 is 10.5 Å². The van der Waals surface area contributed by atoms with Crippen LogP contribution in [0.15, 0.2) is 16.5 Å². The quantitative estimate of drug-likeness (QED) is 0.885. The van der Waals surface area contributed by atoms with Crippen molar-refractivity contribution in [1.82, 2.24) is 10.2 Å². The molecule has 0 amide bonds. The topological polar surface area (TPSA) is 74.2 Å². The van der Waals surface area contributed by atoms with Gasteiger partial charge in [0.1, 0.15) is 5.75 Å². The van der Waals surface area contributed by atoms with Crippen LogP contribution in [-0.4, -0.2) is 16.2 Å². The van der Waals surface area contributed by atoms with Crippen LogP contribution in [0.1, 0.15) is 41.8 Å². The summed E-state index contributed by atoms with van der Waals surface area (Å²) in [6.45, 7) is 8.24. The highest BCUT2D eigenvalue weighted by atomic mass is 16.5. The van der Waals surface area contributed by atoms with Crippen molar-refractivity contribution in [3.05, 3.63) is 40.6 Å². The number of aryl methyl sites for hydroxylation is 3. The molecule has 0 saturated heterocycles. The van der Waals surface area contributed by atoms with Crippen LogP contribution in [0.25, 0.3) is 0 Å². The smallest absolute Gasteiger partial charge is 0.253 e. The van der Waals surface area contributed by atoms with E-state index in [2.05, 4.69) is 29.3 Å². The minimum atomic E-state index is 0.205. The molecule has 0 radical (unpaired) electrons. The molecule has 1 aromatic heterocycles. The third kappa shape index (κ3) is 4.04. The van der Waals surface area contributed by atoms with E-state index in [1.54, 1.807) is 6.92 Å². The average molecular weight is 289 g/mol. The maximum Gasteiger partial charge on any atom is 0.253 e. The third-order valence-electron chi connectivity index (χ3n) is 3.45. The molecule has 0 aliphatic rings. The third-order valence-corrected chi connectivity index (χ3v) is 3.45. The minimum absolute atomic E-state index is 0.205. The highest BCUT2D eigenvalue weighted by Gasteiger charge is 2.10. The van der Waals surface area contributed by atoms with Gasteiger partial charge in [0, 0.05) is 13.0 Å². The summed E-state index contributed by atoms with van der Waals surface area (Å²) in [5, 5.41) is 7.72. The lowest BCUT2D eigenvalue weighted by Gasteiger charge is -2.15. The van der Waals surface area contributed by atoms with E-state index >= 15 is 0 Å². The Morgan fingerprint density at radius 1 is 1.19 bits per heavy atom. The fraction of sp³-hybridized carbons (Fsp3) is 0.500. The molecule has 1 heterocycles. The Balaban J connectivity index is 2.09. The van der Waals surface area contributed by atoms with Crippen molar-refractivity contribution in [2.45, 2.75) is 53.2 Å². The summed E-state index contributed by atoms with van der Waals surface area (Å²) in [6, 6.07) is 4.48. The Bertz CT molecular complexity index is 584. The zero-order valence-corrected chi connectivity index (χ0v) is 13.1. The summed E-state index contributed by atoms with van der Waals surface area (Å²) in [5.41, 5.74) is 9.47. The van der Waals surface area contributed by atoms with Crippen molar-refractivity contribution in [1.29, 1.82) is 0 Å². The molecule has 1 atom stereocenters. The first-order valence-electron chi connectivity index (χ1n) is 7.27. The van der Waals surface area contributed by atoms with Crippen molar-refractivity contribution >= 4 is 0 Å². The van der Waals surface area contributed by atoms with E-state index in [-0.39, 0.29) is 12.6 Å². The summed E-state index contributed by atoms with van der Waals surface area (Å²) < 4.78 is 11.1. The lowest BCUT2D eigenvalue weighted by atomic mass is 9.99. The molecule has 1 aromatic carbocycles. The van der Waals surface area contributed by atoms with Gasteiger partial charge >= 0.3 is 0 Å². The van der Waals surface area contributed by atoms with Gasteiger partial charge in [-0.2, -0.15) is 0 Å². The predicted molar refractivity (Wildman–Crippen MR) is 81.3 cm³/mol. The van der Waals surface area contributed by atoms with Gasteiger partial charge in [-0.25, -0.2) is 0 Å². The Kier molecular flexibility index (Phi) is 4.96. The molecular formula is C16H23N3O2. The predicted octanol–water partition coefficient (Wildman–Crippen LogP) is 2.85. The molecule has 2 N–H and O–H groups in total. The summed E-state index contributed by atoms with van der Waals surface area (Å²) in [4.78, 5) is 0. The van der Waals surface area contributed by atoms with Crippen LogP contribution in [0.3, 0.4) is 0 Å². The molecule has 21 heavy (non-hydrogen) atoms. The van der Waals surface area contributed by atoms with Crippen molar-refractivity contribution in [3.63, 3.8) is 0 Å². The molecule has 2 rings (SSSR count). The molecule has 0 aliphatic carbocycles. The summed E-state index contributed by atoms with van der Waals surface area (Å²) in [6.07, 6.45) is 1.87. The number of hydrogen-bond acceptors (Lipinski definition) is 5. The number of aromatic nitrogens is 2. The highest BCUT2D eigenvalue weighted by Crippen LogP contribution is 2.26. The Labute approximate surface area is 125 Å². The molecule has 114 valence electrons. The van der Waals surface area contributed by atoms with Crippen LogP contribution in [0.2, 0.25) is 0 Å². The molecule has 5 nitrogen and oxygen atoms in total.